The molecule has 6 nitrogen and oxygen atoms in total. The molecule has 1 fully saturated rings. The highest BCUT2D eigenvalue weighted by Crippen LogP contribution is 2.24. The highest BCUT2D eigenvalue weighted by Gasteiger charge is 2.32. The van der Waals surface area contributed by atoms with E-state index in [-0.39, 0.29) is 5.91 Å². The van der Waals surface area contributed by atoms with Crippen molar-refractivity contribution >= 4 is 5.91 Å². The molecule has 1 aliphatic rings. The van der Waals surface area contributed by atoms with E-state index in [1.165, 1.54) is 0 Å². The van der Waals surface area contributed by atoms with E-state index >= 15 is 0 Å². The molecule has 0 unspecified atom stereocenters. The summed E-state index contributed by atoms with van der Waals surface area (Å²) in [6.07, 6.45) is 1.14. The maximum absolute atomic E-state index is 12.7. The zero-order valence-electron chi connectivity index (χ0n) is 12.3. The molecule has 6 heteroatoms. The lowest BCUT2D eigenvalue weighted by Crippen LogP contribution is -2.53. The van der Waals surface area contributed by atoms with Gasteiger partial charge in [0.15, 0.2) is 5.76 Å². The number of furan rings is 1. The SMILES string of the molecule is O=C(c1cc(-c2ccco2)nn1-c1ccccc1)N1CC(O)C1. The molecule has 0 spiro atoms. The van der Waals surface area contributed by atoms with E-state index in [0.29, 0.717) is 30.2 Å². The van der Waals surface area contributed by atoms with Crippen molar-refractivity contribution in [2.24, 2.45) is 0 Å². The molecule has 23 heavy (non-hydrogen) atoms. The Morgan fingerprint density at radius 3 is 2.61 bits per heavy atom. The molecule has 3 heterocycles. The lowest BCUT2D eigenvalue weighted by molar-refractivity contribution is 0.00529. The van der Waals surface area contributed by atoms with Crippen LogP contribution in [0.2, 0.25) is 0 Å². The average Bonchev–Trinajstić information content (AvgIpc) is 3.21. The quantitative estimate of drug-likeness (QED) is 0.802. The van der Waals surface area contributed by atoms with Crippen LogP contribution in [0, 0.1) is 0 Å². The fourth-order valence-corrected chi connectivity index (χ4v) is 2.63. The maximum Gasteiger partial charge on any atom is 0.272 e. The molecule has 1 amide bonds. The van der Waals surface area contributed by atoms with Crippen LogP contribution in [0.1, 0.15) is 10.5 Å². The molecule has 0 radical (unpaired) electrons. The van der Waals surface area contributed by atoms with Crippen LogP contribution in [0.25, 0.3) is 17.1 Å². The van der Waals surface area contributed by atoms with E-state index in [1.54, 1.807) is 34.0 Å². The number of aliphatic hydroxyl groups is 1. The van der Waals surface area contributed by atoms with Gasteiger partial charge in [-0.05, 0) is 24.3 Å². The predicted octanol–water partition coefficient (Wildman–Crippen LogP) is 1.95. The smallest absolute Gasteiger partial charge is 0.272 e. The molecule has 4 rings (SSSR count). The number of aromatic nitrogens is 2. The summed E-state index contributed by atoms with van der Waals surface area (Å²) in [6.45, 7) is 0.712. The summed E-state index contributed by atoms with van der Waals surface area (Å²) in [7, 11) is 0. The van der Waals surface area contributed by atoms with Gasteiger partial charge in [-0.1, -0.05) is 18.2 Å². The van der Waals surface area contributed by atoms with Crippen LogP contribution in [0.4, 0.5) is 0 Å². The Balaban J connectivity index is 1.78. The number of rotatable bonds is 3. The summed E-state index contributed by atoms with van der Waals surface area (Å²) in [5, 5.41) is 13.9. The molecule has 1 aliphatic heterocycles. The molecule has 1 aromatic carbocycles. The van der Waals surface area contributed by atoms with Crippen LogP contribution >= 0.6 is 0 Å². The predicted molar refractivity (Wildman–Crippen MR) is 83.2 cm³/mol. The van der Waals surface area contributed by atoms with Gasteiger partial charge in [-0.25, -0.2) is 4.68 Å². The second-order valence-electron chi connectivity index (χ2n) is 5.50. The first kappa shape index (κ1) is 13.8. The number of benzene rings is 1. The van der Waals surface area contributed by atoms with Gasteiger partial charge in [-0.15, -0.1) is 0 Å². The summed E-state index contributed by atoms with van der Waals surface area (Å²) in [5.41, 5.74) is 1.85. The number of β-amino-alcohol motifs (C(OH)–C–C–N with tert-alkyl or cyclic N) is 1. The molecule has 0 bridgehead atoms. The van der Waals surface area contributed by atoms with Gasteiger partial charge in [0.1, 0.15) is 11.4 Å². The summed E-state index contributed by atoms with van der Waals surface area (Å²) in [5.74, 6) is 0.460. The van der Waals surface area contributed by atoms with Gasteiger partial charge in [-0.3, -0.25) is 4.79 Å². The number of nitrogens with zero attached hydrogens (tertiary/aromatic N) is 3. The second-order valence-corrected chi connectivity index (χ2v) is 5.50. The summed E-state index contributed by atoms with van der Waals surface area (Å²) >= 11 is 0. The minimum Gasteiger partial charge on any atom is -0.463 e. The van der Waals surface area contributed by atoms with Crippen molar-refractivity contribution in [2.45, 2.75) is 6.10 Å². The molecular weight excluding hydrogens is 294 g/mol. The van der Waals surface area contributed by atoms with Crippen molar-refractivity contribution in [2.75, 3.05) is 13.1 Å². The Hall–Kier alpha value is -2.86. The van der Waals surface area contributed by atoms with Crippen LogP contribution in [-0.4, -0.2) is 44.9 Å². The topological polar surface area (TPSA) is 71.5 Å². The molecule has 2 aromatic heterocycles. The standard InChI is InChI=1S/C17H15N3O3/c21-13-10-19(11-13)17(22)15-9-14(16-7-4-8-23-16)18-20(15)12-5-2-1-3-6-12/h1-9,13,21H,10-11H2. The second kappa shape index (κ2) is 5.40. The van der Waals surface area contributed by atoms with Crippen LogP contribution in [0.15, 0.2) is 59.2 Å². The van der Waals surface area contributed by atoms with Crippen molar-refractivity contribution in [3.63, 3.8) is 0 Å². The molecule has 116 valence electrons. The van der Waals surface area contributed by atoms with Gasteiger partial charge in [0.25, 0.3) is 5.91 Å². The number of carbonyl (C=O) groups is 1. The van der Waals surface area contributed by atoms with Crippen molar-refractivity contribution < 1.29 is 14.3 Å². The van der Waals surface area contributed by atoms with Gasteiger partial charge in [0.2, 0.25) is 0 Å². The fourth-order valence-electron chi connectivity index (χ4n) is 2.63. The molecule has 1 saturated heterocycles. The molecule has 3 aromatic rings. The molecule has 0 atom stereocenters. The van der Waals surface area contributed by atoms with E-state index in [9.17, 15) is 9.90 Å². The third kappa shape index (κ3) is 2.43. The van der Waals surface area contributed by atoms with Crippen molar-refractivity contribution in [1.82, 2.24) is 14.7 Å². The van der Waals surface area contributed by atoms with Gasteiger partial charge < -0.3 is 14.4 Å². The Labute approximate surface area is 132 Å². The Bertz CT molecular complexity index is 818. The molecule has 0 saturated carbocycles. The fraction of sp³-hybridized carbons (Fsp3) is 0.176. The number of para-hydroxylation sites is 1. The maximum atomic E-state index is 12.7. The van der Waals surface area contributed by atoms with E-state index in [2.05, 4.69) is 5.10 Å². The van der Waals surface area contributed by atoms with Crippen molar-refractivity contribution in [1.29, 1.82) is 0 Å². The van der Waals surface area contributed by atoms with Gasteiger partial charge in [0, 0.05) is 19.2 Å². The first-order valence-electron chi connectivity index (χ1n) is 7.39. The normalized spacial score (nSPS) is 14.7. The largest absolute Gasteiger partial charge is 0.463 e. The number of hydrogen-bond donors (Lipinski definition) is 1. The van der Waals surface area contributed by atoms with E-state index in [4.69, 9.17) is 4.42 Å². The summed E-state index contributed by atoms with van der Waals surface area (Å²) in [4.78, 5) is 14.3. The zero-order chi connectivity index (χ0) is 15.8. The number of amides is 1. The lowest BCUT2D eigenvalue weighted by atomic mass is 10.1. The molecule has 1 N–H and O–H groups in total. The van der Waals surface area contributed by atoms with Crippen LogP contribution in [0.5, 0.6) is 0 Å². The Kier molecular flexibility index (Phi) is 3.24. The van der Waals surface area contributed by atoms with Crippen LogP contribution in [-0.2, 0) is 0 Å². The Morgan fingerprint density at radius 2 is 1.96 bits per heavy atom. The minimum atomic E-state index is -0.434. The van der Waals surface area contributed by atoms with E-state index in [1.807, 2.05) is 30.3 Å². The number of aliphatic hydroxyl groups excluding tert-OH is 1. The summed E-state index contributed by atoms with van der Waals surface area (Å²) in [6, 6.07) is 14.8. The third-order valence-corrected chi connectivity index (χ3v) is 3.85. The molecule has 0 aliphatic carbocycles. The average molecular weight is 309 g/mol. The lowest BCUT2D eigenvalue weighted by Gasteiger charge is -2.35. The van der Waals surface area contributed by atoms with Crippen LogP contribution in [0.3, 0.4) is 0 Å². The number of likely N-dealkylation sites (tertiary alicyclic amines) is 1. The van der Waals surface area contributed by atoms with Gasteiger partial charge in [-0.2, -0.15) is 5.10 Å². The molecular formula is C17H15N3O3. The number of hydrogen-bond acceptors (Lipinski definition) is 4. The van der Waals surface area contributed by atoms with Gasteiger partial charge >= 0.3 is 0 Å². The number of carbonyl (C=O) groups excluding carboxylic acids is 1. The monoisotopic (exact) mass is 309 g/mol. The highest BCUT2D eigenvalue weighted by atomic mass is 16.3. The van der Waals surface area contributed by atoms with E-state index in [0.717, 1.165) is 5.69 Å². The summed E-state index contributed by atoms with van der Waals surface area (Å²) < 4.78 is 7.00. The van der Waals surface area contributed by atoms with E-state index < -0.39 is 6.10 Å². The first-order valence-corrected chi connectivity index (χ1v) is 7.39. The minimum absolute atomic E-state index is 0.149. The third-order valence-electron chi connectivity index (χ3n) is 3.85. The van der Waals surface area contributed by atoms with Crippen molar-refractivity contribution in [3.05, 3.63) is 60.5 Å². The zero-order valence-corrected chi connectivity index (χ0v) is 12.3. The van der Waals surface area contributed by atoms with Crippen LogP contribution < -0.4 is 0 Å². The highest BCUT2D eigenvalue weighted by molar-refractivity contribution is 5.94. The van der Waals surface area contributed by atoms with Crippen molar-refractivity contribution in [3.8, 4) is 17.1 Å². The van der Waals surface area contributed by atoms with Gasteiger partial charge in [0.05, 0.1) is 18.1 Å². The Morgan fingerprint density at radius 1 is 1.17 bits per heavy atom. The first-order chi connectivity index (χ1) is 11.2.